The van der Waals surface area contributed by atoms with Gasteiger partial charge in [0.2, 0.25) is 5.91 Å². The van der Waals surface area contributed by atoms with Crippen LogP contribution in [0.15, 0.2) is 0 Å². The van der Waals surface area contributed by atoms with E-state index in [1.165, 1.54) is 25.7 Å². The minimum atomic E-state index is 0.145. The average molecular weight is 228 g/mol. The fourth-order valence-electron chi connectivity index (χ4n) is 2.87. The van der Waals surface area contributed by atoms with Crippen LogP contribution < -0.4 is 5.32 Å². The third-order valence-corrected chi connectivity index (χ3v) is 3.78. The van der Waals surface area contributed by atoms with Gasteiger partial charge in [-0.15, -0.1) is 0 Å². The summed E-state index contributed by atoms with van der Waals surface area (Å²) in [6.45, 7) is 1.81. The Bertz CT molecular complexity index is 235. The predicted octanol–water partition coefficient (Wildman–Crippen LogP) is 1.05. The second-order valence-electron chi connectivity index (χ2n) is 4.50. The van der Waals surface area contributed by atoms with Crippen LogP contribution in [-0.4, -0.2) is 41.7 Å². The Balaban J connectivity index is 1.92. The van der Waals surface area contributed by atoms with Crippen LogP contribution in [0.5, 0.6) is 0 Å². The monoisotopic (exact) mass is 228 g/mol. The molecular formula is C11H20N2OS. The molecular weight excluding hydrogens is 208 g/mol. The minimum Gasteiger partial charge on any atom is -0.354 e. The molecule has 2 heterocycles. The van der Waals surface area contributed by atoms with Crippen molar-refractivity contribution in [2.24, 2.45) is 0 Å². The first kappa shape index (κ1) is 11.3. The Morgan fingerprint density at radius 1 is 1.33 bits per heavy atom. The molecule has 0 spiro atoms. The van der Waals surface area contributed by atoms with Crippen LogP contribution in [0.4, 0.5) is 0 Å². The number of rotatable bonds is 3. The van der Waals surface area contributed by atoms with E-state index < -0.39 is 0 Å². The molecule has 86 valence electrons. The number of nitrogens with zero attached hydrogens (tertiary/aromatic N) is 1. The van der Waals surface area contributed by atoms with E-state index in [1.54, 1.807) is 0 Å². The van der Waals surface area contributed by atoms with E-state index in [2.05, 4.69) is 22.8 Å². The minimum absolute atomic E-state index is 0.145. The van der Waals surface area contributed by atoms with Gasteiger partial charge in [0.1, 0.15) is 0 Å². The van der Waals surface area contributed by atoms with Crippen LogP contribution in [-0.2, 0) is 4.79 Å². The molecule has 0 radical (unpaired) electrons. The van der Waals surface area contributed by atoms with Crippen molar-refractivity contribution in [1.29, 1.82) is 0 Å². The Morgan fingerprint density at radius 2 is 2.13 bits per heavy atom. The van der Waals surface area contributed by atoms with Crippen molar-refractivity contribution >= 4 is 18.5 Å². The molecule has 0 saturated carbocycles. The normalized spacial score (nSPS) is 31.3. The molecule has 2 fully saturated rings. The number of carbonyl (C=O) groups excluding carboxylic acids is 1. The van der Waals surface area contributed by atoms with Crippen molar-refractivity contribution < 1.29 is 4.79 Å². The highest BCUT2D eigenvalue weighted by atomic mass is 32.1. The highest BCUT2D eigenvalue weighted by Crippen LogP contribution is 2.30. The average Bonchev–Trinajstić information content (AvgIpc) is 2.73. The molecule has 0 bridgehead atoms. The van der Waals surface area contributed by atoms with Crippen LogP contribution in [0.2, 0.25) is 0 Å². The first-order valence-electron chi connectivity index (χ1n) is 5.97. The van der Waals surface area contributed by atoms with Gasteiger partial charge in [-0.1, -0.05) is 0 Å². The van der Waals surface area contributed by atoms with Gasteiger partial charge in [0.25, 0.3) is 0 Å². The Kier molecular flexibility index (Phi) is 3.92. The van der Waals surface area contributed by atoms with Gasteiger partial charge in [0.05, 0.1) is 6.04 Å². The molecule has 4 heteroatoms. The largest absolute Gasteiger partial charge is 0.354 e. The quantitative estimate of drug-likeness (QED) is 0.708. The second-order valence-corrected chi connectivity index (χ2v) is 4.94. The number of hydrogen-bond donors (Lipinski definition) is 2. The molecule has 3 nitrogen and oxygen atoms in total. The standard InChI is InChI=1S/C11H20N2OS/c14-11(12-6-8-15)10-5-1-3-9-4-2-7-13(9)10/h9-10,15H,1-8H2,(H,12,14). The first-order valence-corrected chi connectivity index (χ1v) is 6.60. The summed E-state index contributed by atoms with van der Waals surface area (Å²) in [5, 5.41) is 2.96. The zero-order valence-electron chi connectivity index (χ0n) is 9.11. The van der Waals surface area contributed by atoms with Gasteiger partial charge in [0, 0.05) is 18.3 Å². The number of amides is 1. The SMILES string of the molecule is O=C(NCCS)C1CCCC2CCCN21. The van der Waals surface area contributed by atoms with E-state index in [0.717, 1.165) is 18.7 Å². The highest BCUT2D eigenvalue weighted by molar-refractivity contribution is 7.80. The van der Waals surface area contributed by atoms with Gasteiger partial charge in [0.15, 0.2) is 0 Å². The molecule has 0 aromatic heterocycles. The first-order chi connectivity index (χ1) is 7.33. The predicted molar refractivity (Wildman–Crippen MR) is 64.2 cm³/mol. The lowest BCUT2D eigenvalue weighted by molar-refractivity contribution is -0.128. The fraction of sp³-hybridized carbons (Fsp3) is 0.909. The highest BCUT2D eigenvalue weighted by Gasteiger charge is 2.37. The van der Waals surface area contributed by atoms with E-state index >= 15 is 0 Å². The number of carbonyl (C=O) groups is 1. The molecule has 1 N–H and O–H groups in total. The maximum Gasteiger partial charge on any atom is 0.237 e. The summed E-state index contributed by atoms with van der Waals surface area (Å²) in [6.07, 6.45) is 6.09. The summed E-state index contributed by atoms with van der Waals surface area (Å²) in [5.41, 5.74) is 0. The summed E-state index contributed by atoms with van der Waals surface area (Å²) >= 11 is 4.11. The number of piperidine rings is 1. The Labute approximate surface area is 97.0 Å². The van der Waals surface area contributed by atoms with E-state index in [-0.39, 0.29) is 11.9 Å². The molecule has 2 atom stereocenters. The van der Waals surface area contributed by atoms with E-state index in [4.69, 9.17) is 0 Å². The molecule has 0 aromatic rings. The van der Waals surface area contributed by atoms with Gasteiger partial charge < -0.3 is 5.32 Å². The molecule has 2 saturated heterocycles. The van der Waals surface area contributed by atoms with Crippen LogP contribution in [0.1, 0.15) is 32.1 Å². The molecule has 2 unspecified atom stereocenters. The van der Waals surface area contributed by atoms with Crippen molar-refractivity contribution in [2.45, 2.75) is 44.2 Å². The van der Waals surface area contributed by atoms with E-state index in [1.807, 2.05) is 0 Å². The molecule has 2 aliphatic heterocycles. The molecule has 2 rings (SSSR count). The fourth-order valence-corrected chi connectivity index (χ4v) is 2.98. The lowest BCUT2D eigenvalue weighted by Crippen LogP contribution is -2.51. The van der Waals surface area contributed by atoms with Crippen LogP contribution in [0.3, 0.4) is 0 Å². The Hall–Kier alpha value is -0.220. The van der Waals surface area contributed by atoms with E-state index in [0.29, 0.717) is 12.6 Å². The van der Waals surface area contributed by atoms with Crippen molar-refractivity contribution in [1.82, 2.24) is 10.2 Å². The Morgan fingerprint density at radius 3 is 2.93 bits per heavy atom. The summed E-state index contributed by atoms with van der Waals surface area (Å²) in [5.74, 6) is 0.942. The number of nitrogens with one attached hydrogen (secondary N) is 1. The zero-order chi connectivity index (χ0) is 10.7. The summed E-state index contributed by atoms with van der Waals surface area (Å²) in [7, 11) is 0. The van der Waals surface area contributed by atoms with Gasteiger partial charge in [-0.25, -0.2) is 0 Å². The van der Waals surface area contributed by atoms with Crippen LogP contribution in [0.25, 0.3) is 0 Å². The summed E-state index contributed by atoms with van der Waals surface area (Å²) in [4.78, 5) is 14.3. The van der Waals surface area contributed by atoms with Crippen molar-refractivity contribution in [3.63, 3.8) is 0 Å². The van der Waals surface area contributed by atoms with Gasteiger partial charge in [-0.2, -0.15) is 12.6 Å². The summed E-state index contributed by atoms with van der Waals surface area (Å²) in [6, 6.07) is 0.830. The van der Waals surface area contributed by atoms with Crippen molar-refractivity contribution in [3.05, 3.63) is 0 Å². The second kappa shape index (κ2) is 5.21. The number of hydrogen-bond acceptors (Lipinski definition) is 3. The van der Waals surface area contributed by atoms with E-state index in [9.17, 15) is 4.79 Å². The molecule has 2 aliphatic rings. The van der Waals surface area contributed by atoms with Gasteiger partial charge >= 0.3 is 0 Å². The van der Waals surface area contributed by atoms with Crippen LogP contribution >= 0.6 is 12.6 Å². The lowest BCUT2D eigenvalue weighted by Gasteiger charge is -2.36. The third kappa shape index (κ3) is 2.48. The smallest absolute Gasteiger partial charge is 0.237 e. The number of fused-ring (bicyclic) bond motifs is 1. The summed E-state index contributed by atoms with van der Waals surface area (Å²) < 4.78 is 0. The molecule has 0 aliphatic carbocycles. The number of thiol groups is 1. The maximum atomic E-state index is 11.9. The van der Waals surface area contributed by atoms with Crippen molar-refractivity contribution in [2.75, 3.05) is 18.8 Å². The molecule has 1 amide bonds. The van der Waals surface area contributed by atoms with Gasteiger partial charge in [-0.05, 0) is 38.6 Å². The topological polar surface area (TPSA) is 32.3 Å². The molecule has 0 aromatic carbocycles. The molecule has 15 heavy (non-hydrogen) atoms. The lowest BCUT2D eigenvalue weighted by atomic mass is 9.96. The maximum absolute atomic E-state index is 11.9. The zero-order valence-corrected chi connectivity index (χ0v) is 10.0. The third-order valence-electron chi connectivity index (χ3n) is 3.55. The van der Waals surface area contributed by atoms with Crippen molar-refractivity contribution in [3.8, 4) is 0 Å². The van der Waals surface area contributed by atoms with Gasteiger partial charge in [-0.3, -0.25) is 9.69 Å². The van der Waals surface area contributed by atoms with Crippen LogP contribution in [0, 0.1) is 0 Å².